The molecule has 0 aliphatic carbocycles. The van der Waals surface area contributed by atoms with E-state index in [0.717, 1.165) is 12.1 Å². The molecule has 1 fully saturated rings. The van der Waals surface area contributed by atoms with E-state index < -0.39 is 21.8 Å². The van der Waals surface area contributed by atoms with E-state index in [0.29, 0.717) is 35.9 Å². The number of halogens is 3. The molecule has 3 aromatic rings. The van der Waals surface area contributed by atoms with Crippen LogP contribution in [0.15, 0.2) is 58.2 Å². The van der Waals surface area contributed by atoms with Crippen LogP contribution in [-0.4, -0.2) is 53.4 Å². The average Bonchev–Trinajstić information content (AvgIpc) is 2.80. The molecule has 33 heavy (non-hydrogen) atoms. The fourth-order valence-electron chi connectivity index (χ4n) is 4.09. The molecular formula is C22H23F3N4O3S. The Bertz CT molecular complexity index is 1350. The number of aromatic nitrogens is 2. The molecule has 1 saturated heterocycles. The molecule has 176 valence electrons. The number of piperazine rings is 1. The van der Waals surface area contributed by atoms with Crippen LogP contribution < -0.4 is 5.56 Å². The number of rotatable bonds is 4. The van der Waals surface area contributed by atoms with Crippen molar-refractivity contribution in [2.45, 2.75) is 24.0 Å². The Morgan fingerprint density at radius 3 is 2.33 bits per heavy atom. The quantitative estimate of drug-likeness (QED) is 0.574. The van der Waals surface area contributed by atoms with Gasteiger partial charge >= 0.3 is 6.18 Å². The predicted octanol–water partition coefficient (Wildman–Crippen LogP) is 3.02. The van der Waals surface area contributed by atoms with Gasteiger partial charge in [0.1, 0.15) is 5.82 Å². The van der Waals surface area contributed by atoms with Crippen LogP contribution in [0.5, 0.6) is 0 Å². The summed E-state index contributed by atoms with van der Waals surface area (Å²) in [7, 11) is -2.41. The lowest BCUT2D eigenvalue weighted by Gasteiger charge is -2.37. The Morgan fingerprint density at radius 1 is 1.00 bits per heavy atom. The lowest BCUT2D eigenvalue weighted by atomic mass is 10.2. The maximum Gasteiger partial charge on any atom is 0.416 e. The largest absolute Gasteiger partial charge is 0.416 e. The van der Waals surface area contributed by atoms with Crippen LogP contribution in [0, 0.1) is 0 Å². The maximum atomic E-state index is 13.0. The molecule has 1 aromatic heterocycles. The fourth-order valence-corrected chi connectivity index (χ4v) is 5.55. The van der Waals surface area contributed by atoms with Gasteiger partial charge < -0.3 is 0 Å². The third kappa shape index (κ3) is 4.40. The third-order valence-corrected chi connectivity index (χ3v) is 7.91. The zero-order chi connectivity index (χ0) is 24.0. The van der Waals surface area contributed by atoms with E-state index in [1.807, 2.05) is 11.8 Å². The molecule has 1 aliphatic rings. The van der Waals surface area contributed by atoms with Crippen molar-refractivity contribution in [1.29, 1.82) is 0 Å². The molecule has 0 radical (unpaired) electrons. The third-order valence-electron chi connectivity index (χ3n) is 6.01. The van der Waals surface area contributed by atoms with Gasteiger partial charge in [0.25, 0.3) is 5.56 Å². The molecule has 11 heteroatoms. The number of hydrogen-bond acceptors (Lipinski definition) is 5. The Kier molecular flexibility index (Phi) is 6.06. The molecular weight excluding hydrogens is 457 g/mol. The van der Waals surface area contributed by atoms with Crippen molar-refractivity contribution in [3.05, 3.63) is 70.3 Å². The highest BCUT2D eigenvalue weighted by Gasteiger charge is 2.35. The summed E-state index contributed by atoms with van der Waals surface area (Å²) in [5, 5.41) is 0.521. The van der Waals surface area contributed by atoms with Crippen molar-refractivity contribution in [1.82, 2.24) is 18.8 Å². The summed E-state index contributed by atoms with van der Waals surface area (Å²) < 4.78 is 67.6. The molecule has 0 spiro atoms. The first kappa shape index (κ1) is 23.4. The molecule has 2 heterocycles. The second-order valence-corrected chi connectivity index (χ2v) is 9.93. The van der Waals surface area contributed by atoms with Crippen molar-refractivity contribution in [3.63, 3.8) is 0 Å². The van der Waals surface area contributed by atoms with Gasteiger partial charge in [-0.2, -0.15) is 17.5 Å². The second-order valence-electron chi connectivity index (χ2n) is 7.99. The van der Waals surface area contributed by atoms with Crippen molar-refractivity contribution in [2.75, 3.05) is 26.2 Å². The molecule has 0 N–H and O–H groups in total. The first-order chi connectivity index (χ1) is 15.5. The summed E-state index contributed by atoms with van der Waals surface area (Å²) in [6, 6.07) is 10.6. The van der Waals surface area contributed by atoms with Gasteiger partial charge in [0.15, 0.2) is 0 Å². The Balaban J connectivity index is 1.53. The zero-order valence-electron chi connectivity index (χ0n) is 18.1. The van der Waals surface area contributed by atoms with Gasteiger partial charge in [-0.25, -0.2) is 13.4 Å². The lowest BCUT2D eigenvalue weighted by Crippen LogP contribution is -2.49. The Hall–Kier alpha value is -2.76. The SMILES string of the molecule is CC(c1nc2ccccc2c(=O)n1C)N1CCN(S(=O)(=O)c2cccc(C(F)(F)F)c2)CC1. The number of para-hydroxylation sites is 1. The molecule has 1 atom stereocenters. The molecule has 7 nitrogen and oxygen atoms in total. The topological polar surface area (TPSA) is 75.5 Å². The van der Waals surface area contributed by atoms with E-state index in [-0.39, 0.29) is 29.6 Å². The van der Waals surface area contributed by atoms with E-state index in [9.17, 15) is 26.4 Å². The first-order valence-corrected chi connectivity index (χ1v) is 11.8. The van der Waals surface area contributed by atoms with Gasteiger partial charge in [-0.3, -0.25) is 14.3 Å². The lowest BCUT2D eigenvalue weighted by molar-refractivity contribution is -0.137. The van der Waals surface area contributed by atoms with Gasteiger partial charge in [0.05, 0.1) is 27.4 Å². The van der Waals surface area contributed by atoms with E-state index in [2.05, 4.69) is 4.98 Å². The number of sulfonamides is 1. The van der Waals surface area contributed by atoms with E-state index in [1.165, 1.54) is 14.9 Å². The minimum atomic E-state index is -4.62. The van der Waals surface area contributed by atoms with Crippen LogP contribution >= 0.6 is 0 Å². The zero-order valence-corrected chi connectivity index (χ0v) is 18.9. The summed E-state index contributed by atoms with van der Waals surface area (Å²) in [5.74, 6) is 0.563. The molecule has 0 amide bonds. The van der Waals surface area contributed by atoms with Crippen LogP contribution in [0.1, 0.15) is 24.4 Å². The summed E-state index contributed by atoms with van der Waals surface area (Å²) in [6.07, 6.45) is -4.62. The van der Waals surface area contributed by atoms with Gasteiger partial charge in [0.2, 0.25) is 10.0 Å². The van der Waals surface area contributed by atoms with Crippen LogP contribution in [0.4, 0.5) is 13.2 Å². The number of nitrogens with zero attached hydrogens (tertiary/aromatic N) is 4. The standard InChI is InChI=1S/C22H23F3N4O3S/c1-15(20-26-19-9-4-3-8-18(19)21(30)27(20)2)28-10-12-29(13-11-28)33(31,32)17-7-5-6-16(14-17)22(23,24)25/h3-9,14-15H,10-13H2,1-2H3. The van der Waals surface area contributed by atoms with Crippen LogP contribution in [0.2, 0.25) is 0 Å². The highest BCUT2D eigenvalue weighted by atomic mass is 32.2. The smallest absolute Gasteiger partial charge is 0.298 e. The number of hydrogen-bond donors (Lipinski definition) is 0. The van der Waals surface area contributed by atoms with Gasteiger partial charge in [0, 0.05) is 33.2 Å². The summed E-state index contributed by atoms with van der Waals surface area (Å²) in [5.41, 5.74) is -0.569. The maximum absolute atomic E-state index is 13.0. The monoisotopic (exact) mass is 480 g/mol. The minimum Gasteiger partial charge on any atom is -0.298 e. The Labute approximate surface area is 189 Å². The summed E-state index contributed by atoms with van der Waals surface area (Å²) >= 11 is 0. The molecule has 4 rings (SSSR count). The van der Waals surface area contributed by atoms with Crippen molar-refractivity contribution in [3.8, 4) is 0 Å². The highest BCUT2D eigenvalue weighted by Crippen LogP contribution is 2.31. The predicted molar refractivity (Wildman–Crippen MR) is 117 cm³/mol. The van der Waals surface area contributed by atoms with Gasteiger partial charge in [-0.05, 0) is 37.3 Å². The molecule has 1 aliphatic heterocycles. The van der Waals surface area contributed by atoms with E-state index >= 15 is 0 Å². The first-order valence-electron chi connectivity index (χ1n) is 10.4. The van der Waals surface area contributed by atoms with Crippen LogP contribution in [0.3, 0.4) is 0 Å². The normalized spacial score (nSPS) is 17.4. The van der Waals surface area contributed by atoms with Crippen molar-refractivity contribution < 1.29 is 21.6 Å². The molecule has 1 unspecified atom stereocenters. The molecule has 0 bridgehead atoms. The number of alkyl halides is 3. The van der Waals surface area contributed by atoms with Gasteiger partial charge in [-0.15, -0.1) is 0 Å². The van der Waals surface area contributed by atoms with Crippen LogP contribution in [0.25, 0.3) is 10.9 Å². The van der Waals surface area contributed by atoms with E-state index in [1.54, 1.807) is 31.3 Å². The summed E-state index contributed by atoms with van der Waals surface area (Å²) in [6.45, 7) is 2.83. The number of benzene rings is 2. The van der Waals surface area contributed by atoms with Crippen molar-refractivity contribution in [2.24, 2.45) is 7.05 Å². The second kappa shape index (κ2) is 8.54. The molecule has 2 aromatic carbocycles. The fraction of sp³-hybridized carbons (Fsp3) is 0.364. The highest BCUT2D eigenvalue weighted by molar-refractivity contribution is 7.89. The number of fused-ring (bicyclic) bond motifs is 1. The Morgan fingerprint density at radius 2 is 1.67 bits per heavy atom. The van der Waals surface area contributed by atoms with E-state index in [4.69, 9.17) is 0 Å². The summed E-state index contributed by atoms with van der Waals surface area (Å²) in [4.78, 5) is 19.0. The average molecular weight is 481 g/mol. The van der Waals surface area contributed by atoms with Crippen LogP contribution in [-0.2, 0) is 23.2 Å². The van der Waals surface area contributed by atoms with Crippen molar-refractivity contribution >= 4 is 20.9 Å². The molecule has 0 saturated carbocycles. The minimum absolute atomic E-state index is 0.116. The van der Waals surface area contributed by atoms with Gasteiger partial charge in [-0.1, -0.05) is 18.2 Å².